The van der Waals surface area contributed by atoms with Gasteiger partial charge in [0.1, 0.15) is 0 Å². The summed E-state index contributed by atoms with van der Waals surface area (Å²) in [6, 6.07) is 5.32. The molecule has 76 valence electrons. The van der Waals surface area contributed by atoms with Crippen molar-refractivity contribution in [3.8, 4) is 0 Å². The minimum atomic E-state index is -3.24. The number of sulfone groups is 1. The zero-order chi connectivity index (χ0) is 10.8. The van der Waals surface area contributed by atoms with E-state index in [9.17, 15) is 13.2 Å². The average Bonchev–Trinajstić information content (AvgIpc) is 2.15. The zero-order valence-electron chi connectivity index (χ0n) is 7.43. The van der Waals surface area contributed by atoms with Gasteiger partial charge in [0.25, 0.3) is 0 Å². The third kappa shape index (κ3) is 2.30. The van der Waals surface area contributed by atoms with Crippen molar-refractivity contribution in [1.82, 2.24) is 0 Å². The van der Waals surface area contributed by atoms with Gasteiger partial charge in [0.2, 0.25) is 0 Å². The van der Waals surface area contributed by atoms with Crippen LogP contribution in [0, 0.1) is 0 Å². The molecule has 0 radical (unpaired) electrons. The Labute approximate surface area is 81.4 Å². The number of carbonyl (C=O) groups excluding carboxylic acids is 1. The molecule has 0 saturated heterocycles. The van der Waals surface area contributed by atoms with Gasteiger partial charge in [-0.2, -0.15) is 5.90 Å². The van der Waals surface area contributed by atoms with Crippen molar-refractivity contribution in [2.75, 3.05) is 6.26 Å². The second kappa shape index (κ2) is 3.77. The van der Waals surface area contributed by atoms with E-state index in [0.29, 0.717) is 0 Å². The summed E-state index contributed by atoms with van der Waals surface area (Å²) in [5.41, 5.74) is 0.208. The van der Waals surface area contributed by atoms with Gasteiger partial charge in [-0.3, -0.25) is 0 Å². The van der Waals surface area contributed by atoms with Crippen LogP contribution in [-0.4, -0.2) is 20.6 Å². The lowest BCUT2D eigenvalue weighted by molar-refractivity contribution is 0.0503. The van der Waals surface area contributed by atoms with Crippen molar-refractivity contribution in [3.05, 3.63) is 29.8 Å². The largest absolute Gasteiger partial charge is 0.370 e. The van der Waals surface area contributed by atoms with Gasteiger partial charge in [0, 0.05) is 6.26 Å². The molecule has 0 atom stereocenters. The predicted octanol–water partition coefficient (Wildman–Crippen LogP) is 0.121. The Hall–Kier alpha value is -1.40. The molecule has 0 aliphatic carbocycles. The molecule has 14 heavy (non-hydrogen) atoms. The van der Waals surface area contributed by atoms with Crippen LogP contribution in [0.25, 0.3) is 0 Å². The number of carbonyl (C=O) groups is 1. The van der Waals surface area contributed by atoms with Crippen LogP contribution >= 0.6 is 0 Å². The minimum Gasteiger partial charge on any atom is -0.370 e. The van der Waals surface area contributed by atoms with Crippen LogP contribution in [0.1, 0.15) is 10.4 Å². The highest BCUT2D eigenvalue weighted by Gasteiger charge is 2.09. The van der Waals surface area contributed by atoms with E-state index >= 15 is 0 Å². The third-order valence-electron chi connectivity index (χ3n) is 1.63. The number of benzene rings is 1. The van der Waals surface area contributed by atoms with Crippen LogP contribution < -0.4 is 5.90 Å². The van der Waals surface area contributed by atoms with E-state index in [1.54, 1.807) is 0 Å². The summed E-state index contributed by atoms with van der Waals surface area (Å²) in [7, 11) is -3.24. The second-order valence-corrected chi connectivity index (χ2v) is 4.72. The lowest BCUT2D eigenvalue weighted by Gasteiger charge is -1.99. The highest BCUT2D eigenvalue weighted by atomic mass is 32.2. The Kier molecular flexibility index (Phi) is 2.87. The molecule has 0 amide bonds. The Bertz CT molecular complexity index is 435. The second-order valence-electron chi connectivity index (χ2n) is 2.70. The van der Waals surface area contributed by atoms with Crippen molar-refractivity contribution in [2.24, 2.45) is 5.90 Å². The molecular weight excluding hydrogens is 206 g/mol. The molecule has 0 spiro atoms. The normalized spacial score (nSPS) is 11.0. The Balaban J connectivity index is 3.07. The summed E-state index contributed by atoms with van der Waals surface area (Å²) in [5, 5.41) is 0. The van der Waals surface area contributed by atoms with E-state index in [2.05, 4.69) is 10.7 Å². The molecule has 0 bridgehead atoms. The standard InChI is InChI=1S/C8H9NO4S/c1-14(11,12)7-4-2-6(3-5-7)8(10)13-9/h2-5H,9H2,1H3. The molecule has 0 aliphatic rings. The lowest BCUT2D eigenvalue weighted by atomic mass is 10.2. The molecule has 2 N–H and O–H groups in total. The molecule has 6 heteroatoms. The molecule has 0 saturated carbocycles. The summed E-state index contributed by atoms with van der Waals surface area (Å²) in [6.07, 6.45) is 1.09. The van der Waals surface area contributed by atoms with Gasteiger partial charge in [-0.1, -0.05) is 0 Å². The molecule has 0 unspecified atom stereocenters. The van der Waals surface area contributed by atoms with Gasteiger partial charge >= 0.3 is 5.97 Å². The van der Waals surface area contributed by atoms with Crippen LogP contribution in [0.4, 0.5) is 0 Å². The smallest absolute Gasteiger partial charge is 0.356 e. The van der Waals surface area contributed by atoms with Gasteiger partial charge < -0.3 is 4.84 Å². The van der Waals surface area contributed by atoms with E-state index in [1.165, 1.54) is 24.3 Å². The number of hydrogen-bond donors (Lipinski definition) is 1. The SMILES string of the molecule is CS(=O)(=O)c1ccc(C(=O)ON)cc1. The highest BCUT2D eigenvalue weighted by Crippen LogP contribution is 2.10. The first-order chi connectivity index (χ1) is 6.45. The summed E-state index contributed by atoms with van der Waals surface area (Å²) in [6.45, 7) is 0. The topological polar surface area (TPSA) is 86.5 Å². The van der Waals surface area contributed by atoms with Crippen LogP contribution in [0.3, 0.4) is 0 Å². The fourth-order valence-electron chi connectivity index (χ4n) is 0.906. The fraction of sp³-hybridized carbons (Fsp3) is 0.125. The quantitative estimate of drug-likeness (QED) is 0.708. The minimum absolute atomic E-state index is 0.145. The number of nitrogens with two attached hydrogens (primary N) is 1. The molecule has 0 aromatic heterocycles. The number of rotatable bonds is 2. The van der Waals surface area contributed by atoms with Gasteiger partial charge in [-0.15, -0.1) is 0 Å². The fourth-order valence-corrected chi connectivity index (χ4v) is 1.54. The Morgan fingerprint density at radius 2 is 1.79 bits per heavy atom. The van der Waals surface area contributed by atoms with Gasteiger partial charge in [0.15, 0.2) is 9.84 Å². The molecule has 0 heterocycles. The van der Waals surface area contributed by atoms with Crippen molar-refractivity contribution in [2.45, 2.75) is 4.90 Å². The van der Waals surface area contributed by atoms with Gasteiger partial charge in [-0.05, 0) is 24.3 Å². The highest BCUT2D eigenvalue weighted by molar-refractivity contribution is 7.90. The third-order valence-corrected chi connectivity index (χ3v) is 2.75. The van der Waals surface area contributed by atoms with E-state index in [0.717, 1.165) is 6.26 Å². The predicted molar refractivity (Wildman–Crippen MR) is 49.2 cm³/mol. The van der Waals surface area contributed by atoms with Crippen LogP contribution in [0.5, 0.6) is 0 Å². The summed E-state index contributed by atoms with van der Waals surface area (Å²) in [5.74, 6) is 3.96. The first-order valence-corrected chi connectivity index (χ1v) is 5.55. The monoisotopic (exact) mass is 215 g/mol. The molecule has 1 aromatic carbocycles. The maximum absolute atomic E-state index is 11.0. The van der Waals surface area contributed by atoms with Crippen molar-refractivity contribution in [1.29, 1.82) is 0 Å². The molecule has 0 aliphatic heterocycles. The summed E-state index contributed by atoms with van der Waals surface area (Å²) < 4.78 is 22.1. The first-order valence-electron chi connectivity index (χ1n) is 3.66. The maximum atomic E-state index is 11.0. The van der Waals surface area contributed by atoms with Gasteiger partial charge in [-0.25, -0.2) is 13.2 Å². The summed E-state index contributed by atoms with van der Waals surface area (Å²) >= 11 is 0. The Morgan fingerprint density at radius 1 is 1.29 bits per heavy atom. The van der Waals surface area contributed by atoms with Crippen LogP contribution in [0.2, 0.25) is 0 Å². The van der Waals surface area contributed by atoms with Crippen LogP contribution in [0.15, 0.2) is 29.2 Å². The zero-order valence-corrected chi connectivity index (χ0v) is 8.24. The number of hydrogen-bond acceptors (Lipinski definition) is 5. The van der Waals surface area contributed by atoms with Gasteiger partial charge in [0.05, 0.1) is 10.5 Å². The molecule has 1 rings (SSSR count). The maximum Gasteiger partial charge on any atom is 0.356 e. The van der Waals surface area contributed by atoms with E-state index in [-0.39, 0.29) is 10.5 Å². The average molecular weight is 215 g/mol. The van der Waals surface area contributed by atoms with Crippen molar-refractivity contribution >= 4 is 15.8 Å². The molecule has 1 aromatic rings. The Morgan fingerprint density at radius 3 is 2.14 bits per heavy atom. The molecular formula is C8H9NO4S. The first kappa shape index (κ1) is 10.7. The molecule has 0 fully saturated rings. The van der Waals surface area contributed by atoms with Crippen LogP contribution in [-0.2, 0) is 14.7 Å². The van der Waals surface area contributed by atoms with Crippen molar-refractivity contribution in [3.63, 3.8) is 0 Å². The van der Waals surface area contributed by atoms with E-state index in [4.69, 9.17) is 0 Å². The van der Waals surface area contributed by atoms with Crippen molar-refractivity contribution < 1.29 is 18.0 Å². The van der Waals surface area contributed by atoms with E-state index < -0.39 is 15.8 Å². The van der Waals surface area contributed by atoms with E-state index in [1.807, 2.05) is 0 Å². The lowest BCUT2D eigenvalue weighted by Crippen LogP contribution is -2.10. The molecule has 5 nitrogen and oxygen atoms in total. The summed E-state index contributed by atoms with van der Waals surface area (Å²) in [4.78, 5) is 15.0.